The van der Waals surface area contributed by atoms with E-state index in [1.54, 1.807) is 6.33 Å². The lowest BCUT2D eigenvalue weighted by atomic mass is 10.1. The first-order valence-corrected chi connectivity index (χ1v) is 11.5. The van der Waals surface area contributed by atoms with Crippen molar-refractivity contribution in [2.45, 2.75) is 25.9 Å². The molecule has 31 heavy (non-hydrogen) atoms. The summed E-state index contributed by atoms with van der Waals surface area (Å²) in [7, 11) is 0. The van der Waals surface area contributed by atoms with Gasteiger partial charge in [0.25, 0.3) is 0 Å². The maximum Gasteiger partial charge on any atom is 0.139 e. The summed E-state index contributed by atoms with van der Waals surface area (Å²) < 4.78 is 0. The SMILES string of the molecule is C=c1ncnc(N2CCC(N3CCN(Cc4ccc(Cl)cc4)CC3)C2)/c1=C/C=C(\C)Cl. The van der Waals surface area contributed by atoms with Crippen LogP contribution < -0.4 is 15.5 Å². The third kappa shape index (κ3) is 5.66. The maximum atomic E-state index is 6.02. The van der Waals surface area contributed by atoms with Gasteiger partial charge in [0.15, 0.2) is 0 Å². The van der Waals surface area contributed by atoms with Gasteiger partial charge in [-0.25, -0.2) is 9.97 Å². The van der Waals surface area contributed by atoms with Crippen LogP contribution in [0.25, 0.3) is 12.7 Å². The van der Waals surface area contributed by atoms with E-state index in [1.165, 1.54) is 5.56 Å². The number of hydrogen-bond acceptors (Lipinski definition) is 5. The third-order valence-electron chi connectivity index (χ3n) is 6.13. The topological polar surface area (TPSA) is 35.5 Å². The Bertz CT molecular complexity index is 1020. The maximum absolute atomic E-state index is 6.02. The first kappa shape index (κ1) is 22.3. The van der Waals surface area contributed by atoms with Crippen molar-refractivity contribution in [3.8, 4) is 0 Å². The Labute approximate surface area is 194 Å². The summed E-state index contributed by atoms with van der Waals surface area (Å²) in [4.78, 5) is 16.4. The molecule has 2 aliphatic rings. The van der Waals surface area contributed by atoms with Gasteiger partial charge >= 0.3 is 0 Å². The number of allylic oxidation sites excluding steroid dienone is 2. The van der Waals surface area contributed by atoms with Gasteiger partial charge in [-0.05, 0) is 43.2 Å². The van der Waals surface area contributed by atoms with Crippen molar-refractivity contribution in [3.05, 3.63) is 62.9 Å². The fourth-order valence-corrected chi connectivity index (χ4v) is 4.60. The minimum atomic E-state index is 0.555. The number of anilines is 1. The van der Waals surface area contributed by atoms with E-state index in [0.29, 0.717) is 6.04 Å². The summed E-state index contributed by atoms with van der Waals surface area (Å²) in [6.45, 7) is 13.3. The number of halogens is 2. The molecule has 7 heteroatoms. The fourth-order valence-electron chi connectivity index (χ4n) is 4.41. The Morgan fingerprint density at radius 3 is 2.58 bits per heavy atom. The molecule has 2 aromatic rings. The van der Waals surface area contributed by atoms with Crippen LogP contribution in [0.3, 0.4) is 0 Å². The van der Waals surface area contributed by atoms with Crippen LogP contribution in [0.1, 0.15) is 18.9 Å². The summed E-state index contributed by atoms with van der Waals surface area (Å²) in [6, 6.07) is 8.75. The molecule has 0 amide bonds. The molecule has 1 aromatic heterocycles. The second-order valence-corrected chi connectivity index (χ2v) is 9.34. The Balaban J connectivity index is 1.37. The van der Waals surface area contributed by atoms with E-state index >= 15 is 0 Å². The quantitative estimate of drug-likeness (QED) is 0.689. The molecule has 0 saturated carbocycles. The number of nitrogens with zero attached hydrogens (tertiary/aromatic N) is 5. The number of benzene rings is 1. The zero-order valence-corrected chi connectivity index (χ0v) is 19.5. The van der Waals surface area contributed by atoms with Crippen molar-refractivity contribution in [3.63, 3.8) is 0 Å². The molecule has 4 rings (SSSR count). The van der Waals surface area contributed by atoms with E-state index in [4.69, 9.17) is 23.2 Å². The van der Waals surface area contributed by atoms with Crippen LogP contribution in [-0.4, -0.2) is 65.1 Å². The number of piperazine rings is 1. The first-order chi connectivity index (χ1) is 15.0. The first-order valence-electron chi connectivity index (χ1n) is 10.8. The Morgan fingerprint density at radius 2 is 1.87 bits per heavy atom. The molecule has 0 radical (unpaired) electrons. The van der Waals surface area contributed by atoms with E-state index in [0.717, 1.165) is 78.7 Å². The normalized spacial score (nSPS) is 21.8. The minimum Gasteiger partial charge on any atom is -0.354 e. The second kappa shape index (κ2) is 10.1. The van der Waals surface area contributed by atoms with Gasteiger partial charge in [0, 0.05) is 67.1 Å². The fraction of sp³-hybridized carbons (Fsp3) is 0.417. The zero-order chi connectivity index (χ0) is 21.8. The smallest absolute Gasteiger partial charge is 0.139 e. The van der Waals surface area contributed by atoms with E-state index in [2.05, 4.69) is 43.4 Å². The highest BCUT2D eigenvalue weighted by Gasteiger charge is 2.31. The van der Waals surface area contributed by atoms with E-state index in [9.17, 15) is 0 Å². The monoisotopic (exact) mass is 457 g/mol. The van der Waals surface area contributed by atoms with E-state index in [1.807, 2.05) is 31.2 Å². The molecule has 164 valence electrons. The predicted molar refractivity (Wildman–Crippen MR) is 130 cm³/mol. The average molecular weight is 458 g/mol. The van der Waals surface area contributed by atoms with Crippen LogP contribution in [0.15, 0.2) is 41.7 Å². The van der Waals surface area contributed by atoms with E-state index in [-0.39, 0.29) is 0 Å². The Hall–Kier alpha value is -1.92. The molecule has 5 nitrogen and oxygen atoms in total. The highest BCUT2D eigenvalue weighted by Crippen LogP contribution is 2.21. The van der Waals surface area contributed by atoms with Gasteiger partial charge in [-0.2, -0.15) is 0 Å². The van der Waals surface area contributed by atoms with Crippen molar-refractivity contribution < 1.29 is 0 Å². The molecular formula is C24H29Cl2N5. The number of rotatable bonds is 5. The summed E-state index contributed by atoms with van der Waals surface area (Å²) in [6.07, 6.45) is 6.61. The molecule has 2 fully saturated rings. The molecule has 1 atom stereocenters. The molecule has 2 aliphatic heterocycles. The summed E-state index contributed by atoms with van der Waals surface area (Å²) in [5.41, 5.74) is 1.32. The minimum absolute atomic E-state index is 0.555. The van der Waals surface area contributed by atoms with Crippen molar-refractivity contribution in [2.24, 2.45) is 0 Å². The largest absolute Gasteiger partial charge is 0.354 e. The molecule has 3 heterocycles. The van der Waals surface area contributed by atoms with Gasteiger partial charge in [-0.15, -0.1) is 0 Å². The Morgan fingerprint density at radius 1 is 1.13 bits per heavy atom. The molecule has 1 aromatic carbocycles. The van der Waals surface area contributed by atoms with Crippen LogP contribution >= 0.6 is 23.2 Å². The second-order valence-electron chi connectivity index (χ2n) is 8.30. The Kier molecular flexibility index (Phi) is 7.28. The molecule has 0 spiro atoms. The van der Waals surface area contributed by atoms with Gasteiger partial charge in [-0.3, -0.25) is 9.80 Å². The third-order valence-corrected chi connectivity index (χ3v) is 6.51. The lowest BCUT2D eigenvalue weighted by Gasteiger charge is -2.38. The lowest BCUT2D eigenvalue weighted by Crippen LogP contribution is -2.50. The molecular weight excluding hydrogens is 429 g/mol. The number of hydrogen-bond donors (Lipinski definition) is 0. The predicted octanol–water partition coefficient (Wildman–Crippen LogP) is 2.86. The molecule has 2 saturated heterocycles. The van der Waals surface area contributed by atoms with Crippen molar-refractivity contribution in [1.82, 2.24) is 19.8 Å². The van der Waals surface area contributed by atoms with Crippen LogP contribution in [0.5, 0.6) is 0 Å². The standard InChI is InChI=1S/C24H29Cl2N5/c1-18(25)3-8-23-19(2)27-17-28-24(23)31-10-9-22(16-31)30-13-11-29(12-14-30)15-20-4-6-21(26)7-5-20/h3-8,17,22H,2,9-16H2,1H3/b18-3+,23-8+. The summed E-state index contributed by atoms with van der Waals surface area (Å²) >= 11 is 12.0. The van der Waals surface area contributed by atoms with E-state index < -0.39 is 0 Å². The summed E-state index contributed by atoms with van der Waals surface area (Å²) in [5, 5.41) is 3.21. The van der Waals surface area contributed by atoms with Gasteiger partial charge in [0.05, 0.1) is 5.35 Å². The van der Waals surface area contributed by atoms with Crippen LogP contribution in [0, 0.1) is 0 Å². The zero-order valence-electron chi connectivity index (χ0n) is 18.0. The van der Waals surface area contributed by atoms with Crippen molar-refractivity contribution >= 4 is 41.7 Å². The van der Waals surface area contributed by atoms with Crippen LogP contribution in [0.4, 0.5) is 5.82 Å². The van der Waals surface area contributed by atoms with Gasteiger partial charge in [0.1, 0.15) is 12.1 Å². The highest BCUT2D eigenvalue weighted by molar-refractivity contribution is 6.30. The average Bonchev–Trinajstić information content (AvgIpc) is 3.25. The van der Waals surface area contributed by atoms with Crippen LogP contribution in [0.2, 0.25) is 5.02 Å². The molecule has 1 unspecified atom stereocenters. The highest BCUT2D eigenvalue weighted by atomic mass is 35.5. The van der Waals surface area contributed by atoms with Gasteiger partial charge in [0.2, 0.25) is 0 Å². The number of aromatic nitrogens is 2. The van der Waals surface area contributed by atoms with Gasteiger partial charge in [-0.1, -0.05) is 41.9 Å². The van der Waals surface area contributed by atoms with Gasteiger partial charge < -0.3 is 4.90 Å². The lowest BCUT2D eigenvalue weighted by molar-refractivity contribution is 0.0987. The molecule has 0 bridgehead atoms. The summed E-state index contributed by atoms with van der Waals surface area (Å²) in [5.74, 6) is 0.957. The van der Waals surface area contributed by atoms with Crippen LogP contribution in [-0.2, 0) is 6.54 Å². The van der Waals surface area contributed by atoms with Crippen molar-refractivity contribution in [1.29, 1.82) is 0 Å². The molecule has 0 aliphatic carbocycles. The van der Waals surface area contributed by atoms with Crippen molar-refractivity contribution in [2.75, 3.05) is 44.2 Å². The molecule has 0 N–H and O–H groups in total.